The largest absolute Gasteiger partial charge is 0.484 e. The Morgan fingerprint density at radius 2 is 1.85 bits per heavy atom. The highest BCUT2D eigenvalue weighted by Gasteiger charge is 2.18. The number of nitrogens with zero attached hydrogens (tertiary/aromatic N) is 1. The molecule has 1 fully saturated rings. The molecule has 0 aliphatic carbocycles. The van der Waals surface area contributed by atoms with E-state index in [1.54, 1.807) is 29.2 Å². The van der Waals surface area contributed by atoms with Crippen molar-refractivity contribution >= 4 is 39.5 Å². The molecule has 1 heterocycles. The molecule has 2 aromatic rings. The van der Waals surface area contributed by atoms with E-state index in [2.05, 4.69) is 0 Å². The first-order chi connectivity index (χ1) is 12.9. The number of ether oxygens (including phenoxy) is 3. The Morgan fingerprint density at radius 3 is 2.52 bits per heavy atom. The quantitative estimate of drug-likeness (QED) is 0.442. The average Bonchev–Trinajstić information content (AvgIpc) is 2.65. The van der Waals surface area contributed by atoms with Gasteiger partial charge in [-0.25, -0.2) is 0 Å². The monoisotopic (exact) mass is 391 g/mol. The van der Waals surface area contributed by atoms with E-state index in [0.29, 0.717) is 37.4 Å². The van der Waals surface area contributed by atoms with Crippen molar-refractivity contribution in [3.8, 4) is 11.5 Å². The standard InChI is InChI=1S/C19H18ClNO6/c1-12(22)27-17-10-13-2-3-15(8-14(13)9-16(17)19(20)24)26-11-18(23)21-4-6-25-7-5-21/h2-3,8-10H,4-7,11H2,1H3. The van der Waals surface area contributed by atoms with E-state index >= 15 is 0 Å². The molecule has 0 saturated carbocycles. The van der Waals surface area contributed by atoms with Crippen LogP contribution < -0.4 is 9.47 Å². The number of benzene rings is 2. The Hall–Kier alpha value is -2.64. The van der Waals surface area contributed by atoms with Gasteiger partial charge in [0.1, 0.15) is 11.5 Å². The van der Waals surface area contributed by atoms with Crippen LogP contribution in [0, 0.1) is 0 Å². The normalized spacial score (nSPS) is 14.1. The number of carbonyl (C=O) groups excluding carboxylic acids is 3. The van der Waals surface area contributed by atoms with Crippen LogP contribution in [0.5, 0.6) is 11.5 Å². The van der Waals surface area contributed by atoms with Gasteiger partial charge in [0.2, 0.25) is 0 Å². The van der Waals surface area contributed by atoms with Crippen LogP contribution in [0.3, 0.4) is 0 Å². The first kappa shape index (κ1) is 19.1. The van der Waals surface area contributed by atoms with E-state index < -0.39 is 11.2 Å². The molecular formula is C19H18ClNO6. The third-order valence-corrected chi connectivity index (χ3v) is 4.31. The summed E-state index contributed by atoms with van der Waals surface area (Å²) in [4.78, 5) is 36.7. The minimum Gasteiger partial charge on any atom is -0.484 e. The molecule has 2 aromatic carbocycles. The zero-order chi connectivity index (χ0) is 19.4. The van der Waals surface area contributed by atoms with Gasteiger partial charge in [0, 0.05) is 20.0 Å². The Bertz CT molecular complexity index is 891. The van der Waals surface area contributed by atoms with Crippen molar-refractivity contribution in [2.24, 2.45) is 0 Å². The minimum atomic E-state index is -0.734. The summed E-state index contributed by atoms with van der Waals surface area (Å²) in [5, 5.41) is 0.674. The fourth-order valence-corrected chi connectivity index (χ4v) is 2.93. The Kier molecular flexibility index (Phi) is 5.93. The van der Waals surface area contributed by atoms with Crippen LogP contribution in [0.25, 0.3) is 10.8 Å². The maximum atomic E-state index is 12.2. The Labute approximate surface area is 160 Å². The summed E-state index contributed by atoms with van der Waals surface area (Å²) in [5.74, 6) is -0.0706. The molecular weight excluding hydrogens is 374 g/mol. The van der Waals surface area contributed by atoms with Crippen molar-refractivity contribution in [1.29, 1.82) is 0 Å². The third-order valence-electron chi connectivity index (χ3n) is 4.10. The van der Waals surface area contributed by atoms with E-state index in [9.17, 15) is 14.4 Å². The topological polar surface area (TPSA) is 82.1 Å². The molecule has 0 bridgehead atoms. The molecule has 8 heteroatoms. The second-order valence-corrected chi connectivity index (χ2v) is 6.35. The molecule has 27 heavy (non-hydrogen) atoms. The highest BCUT2D eigenvalue weighted by atomic mass is 35.5. The van der Waals surface area contributed by atoms with Gasteiger partial charge in [-0.15, -0.1) is 0 Å². The highest BCUT2D eigenvalue weighted by Crippen LogP contribution is 2.30. The summed E-state index contributed by atoms with van der Waals surface area (Å²) in [6.45, 7) is 3.33. The van der Waals surface area contributed by atoms with Gasteiger partial charge in [-0.3, -0.25) is 14.4 Å². The molecule has 1 amide bonds. The van der Waals surface area contributed by atoms with Gasteiger partial charge in [-0.1, -0.05) is 6.07 Å². The van der Waals surface area contributed by atoms with Crippen molar-refractivity contribution in [2.75, 3.05) is 32.9 Å². The first-order valence-electron chi connectivity index (χ1n) is 8.38. The molecule has 0 unspecified atom stereocenters. The van der Waals surface area contributed by atoms with Crippen LogP contribution >= 0.6 is 11.6 Å². The second kappa shape index (κ2) is 8.37. The molecule has 142 valence electrons. The van der Waals surface area contributed by atoms with Crippen molar-refractivity contribution < 1.29 is 28.6 Å². The van der Waals surface area contributed by atoms with Gasteiger partial charge in [0.15, 0.2) is 6.61 Å². The van der Waals surface area contributed by atoms with Gasteiger partial charge in [-0.2, -0.15) is 0 Å². The minimum absolute atomic E-state index is 0.0842. The second-order valence-electron chi connectivity index (χ2n) is 6.01. The average molecular weight is 392 g/mol. The number of fused-ring (bicyclic) bond motifs is 1. The van der Waals surface area contributed by atoms with E-state index in [1.807, 2.05) is 0 Å². The van der Waals surface area contributed by atoms with Crippen LogP contribution in [-0.4, -0.2) is 54.9 Å². The lowest BCUT2D eigenvalue weighted by Gasteiger charge is -2.26. The Morgan fingerprint density at radius 1 is 1.11 bits per heavy atom. The van der Waals surface area contributed by atoms with E-state index in [-0.39, 0.29) is 23.8 Å². The summed E-state index contributed by atoms with van der Waals surface area (Å²) in [7, 11) is 0. The lowest BCUT2D eigenvalue weighted by Crippen LogP contribution is -2.42. The smallest absolute Gasteiger partial charge is 0.308 e. The summed E-state index contributed by atoms with van der Waals surface area (Å²) in [6.07, 6.45) is 0. The molecule has 3 rings (SSSR count). The van der Waals surface area contributed by atoms with Gasteiger partial charge < -0.3 is 19.1 Å². The maximum absolute atomic E-state index is 12.2. The molecule has 7 nitrogen and oxygen atoms in total. The molecule has 0 spiro atoms. The van der Waals surface area contributed by atoms with Crippen LogP contribution in [0.1, 0.15) is 17.3 Å². The summed E-state index contributed by atoms with van der Waals surface area (Å²) < 4.78 is 15.9. The van der Waals surface area contributed by atoms with Crippen LogP contribution in [0.2, 0.25) is 0 Å². The third kappa shape index (κ3) is 4.75. The summed E-state index contributed by atoms with van der Waals surface area (Å²) in [5.41, 5.74) is 0.0842. The molecule has 0 radical (unpaired) electrons. The number of amides is 1. The Balaban J connectivity index is 1.78. The van der Waals surface area contributed by atoms with Gasteiger partial charge >= 0.3 is 5.97 Å². The van der Waals surface area contributed by atoms with Crippen LogP contribution in [0.15, 0.2) is 30.3 Å². The molecule has 1 saturated heterocycles. The number of carbonyl (C=O) groups is 3. The lowest BCUT2D eigenvalue weighted by atomic mass is 10.1. The number of esters is 1. The number of hydrogen-bond acceptors (Lipinski definition) is 6. The molecule has 1 aliphatic rings. The molecule has 0 N–H and O–H groups in total. The van der Waals surface area contributed by atoms with Gasteiger partial charge in [0.25, 0.3) is 11.1 Å². The zero-order valence-corrected chi connectivity index (χ0v) is 15.5. The van der Waals surface area contributed by atoms with Gasteiger partial charge in [-0.05, 0) is 46.6 Å². The first-order valence-corrected chi connectivity index (χ1v) is 8.76. The zero-order valence-electron chi connectivity index (χ0n) is 14.7. The SMILES string of the molecule is CC(=O)Oc1cc2ccc(OCC(=O)N3CCOCC3)cc2cc1C(=O)Cl. The molecule has 1 aliphatic heterocycles. The number of halogens is 1. The summed E-state index contributed by atoms with van der Waals surface area (Å²) in [6, 6.07) is 8.24. The van der Waals surface area contributed by atoms with Crippen molar-refractivity contribution in [2.45, 2.75) is 6.92 Å². The van der Waals surface area contributed by atoms with E-state index in [1.165, 1.54) is 13.0 Å². The van der Waals surface area contributed by atoms with Gasteiger partial charge in [0.05, 0.1) is 18.8 Å². The lowest BCUT2D eigenvalue weighted by molar-refractivity contribution is -0.137. The van der Waals surface area contributed by atoms with Crippen molar-refractivity contribution in [1.82, 2.24) is 4.90 Å². The van der Waals surface area contributed by atoms with Crippen molar-refractivity contribution in [3.63, 3.8) is 0 Å². The van der Waals surface area contributed by atoms with Crippen LogP contribution in [0.4, 0.5) is 0 Å². The number of morpholine rings is 1. The van der Waals surface area contributed by atoms with Crippen molar-refractivity contribution in [3.05, 3.63) is 35.9 Å². The highest BCUT2D eigenvalue weighted by molar-refractivity contribution is 6.68. The van der Waals surface area contributed by atoms with E-state index in [0.717, 1.165) is 5.39 Å². The number of hydrogen-bond donors (Lipinski definition) is 0. The maximum Gasteiger partial charge on any atom is 0.308 e. The predicted octanol–water partition coefficient (Wildman–Crippen LogP) is 2.38. The predicted molar refractivity (Wildman–Crippen MR) is 98.3 cm³/mol. The molecule has 0 aromatic heterocycles. The number of rotatable bonds is 5. The fourth-order valence-electron chi connectivity index (χ4n) is 2.79. The van der Waals surface area contributed by atoms with Crippen LogP contribution in [-0.2, 0) is 14.3 Å². The van der Waals surface area contributed by atoms with E-state index in [4.69, 9.17) is 25.8 Å². The molecule has 0 atom stereocenters. The fraction of sp³-hybridized carbons (Fsp3) is 0.316. The summed E-state index contributed by atoms with van der Waals surface area (Å²) >= 11 is 5.60.